The number of amides is 1. The summed E-state index contributed by atoms with van der Waals surface area (Å²) in [5.74, 6) is 0.593. The number of halogens is 3. The molecule has 0 aliphatic carbocycles. The van der Waals surface area contributed by atoms with Crippen LogP contribution in [0.1, 0.15) is 41.4 Å². The third-order valence-corrected chi connectivity index (χ3v) is 5.28. The van der Waals surface area contributed by atoms with Gasteiger partial charge < -0.3 is 9.80 Å². The average Bonchev–Trinajstić information content (AvgIpc) is 3.24. The number of alkyl halides is 3. The zero-order chi connectivity index (χ0) is 22.9. The predicted octanol–water partition coefficient (Wildman–Crippen LogP) is 3.16. The summed E-state index contributed by atoms with van der Waals surface area (Å²) in [6, 6.07) is 3.97. The molecule has 3 aromatic rings. The monoisotopic (exact) mass is 445 g/mol. The Bertz CT molecular complexity index is 1070. The van der Waals surface area contributed by atoms with Crippen molar-refractivity contribution in [2.45, 2.75) is 25.9 Å². The zero-order valence-corrected chi connectivity index (χ0v) is 17.6. The van der Waals surface area contributed by atoms with E-state index >= 15 is 0 Å². The molecule has 0 bridgehead atoms. The van der Waals surface area contributed by atoms with Crippen molar-refractivity contribution in [2.75, 3.05) is 31.1 Å². The summed E-state index contributed by atoms with van der Waals surface area (Å²) in [6.07, 6.45) is 1.12. The number of nitrogens with zero attached hydrogens (tertiary/aromatic N) is 7. The van der Waals surface area contributed by atoms with Gasteiger partial charge in [-0.2, -0.15) is 18.3 Å². The van der Waals surface area contributed by atoms with Crippen molar-refractivity contribution < 1.29 is 18.0 Å². The molecule has 0 unspecified atom stereocenters. The fraction of sp³-hybridized carbons (Fsp3) is 0.381. The highest BCUT2D eigenvalue weighted by molar-refractivity contribution is 5.95. The number of anilines is 1. The first kappa shape index (κ1) is 21.7. The quantitative estimate of drug-likeness (QED) is 0.614. The topological polar surface area (TPSA) is 80.0 Å². The minimum Gasteiger partial charge on any atom is -0.337 e. The van der Waals surface area contributed by atoms with Crippen molar-refractivity contribution in [3.63, 3.8) is 0 Å². The molecular formula is C21H22F3N7O. The zero-order valence-electron chi connectivity index (χ0n) is 17.6. The highest BCUT2D eigenvalue weighted by atomic mass is 19.4. The van der Waals surface area contributed by atoms with Gasteiger partial charge in [0.15, 0.2) is 5.82 Å². The Morgan fingerprint density at radius 1 is 1.00 bits per heavy atom. The normalized spacial score (nSPS) is 14.8. The number of piperazine rings is 1. The predicted molar refractivity (Wildman–Crippen MR) is 111 cm³/mol. The van der Waals surface area contributed by atoms with Crippen LogP contribution < -0.4 is 4.90 Å². The van der Waals surface area contributed by atoms with Gasteiger partial charge in [-0.15, -0.1) is 0 Å². The van der Waals surface area contributed by atoms with Crippen LogP contribution in [0, 0.1) is 0 Å². The van der Waals surface area contributed by atoms with Crippen LogP contribution in [-0.2, 0) is 6.18 Å². The maximum absolute atomic E-state index is 13.3. The molecule has 0 saturated carbocycles. The second kappa shape index (κ2) is 8.56. The molecule has 0 N–H and O–H groups in total. The minimum absolute atomic E-state index is 0.0976. The number of hydrogen-bond acceptors (Lipinski definition) is 6. The minimum atomic E-state index is -4.47. The Morgan fingerprint density at radius 3 is 2.25 bits per heavy atom. The van der Waals surface area contributed by atoms with Crippen molar-refractivity contribution in [3.05, 3.63) is 59.8 Å². The van der Waals surface area contributed by atoms with E-state index in [4.69, 9.17) is 0 Å². The van der Waals surface area contributed by atoms with Gasteiger partial charge in [0.2, 0.25) is 5.95 Å². The van der Waals surface area contributed by atoms with Crippen molar-refractivity contribution in [1.82, 2.24) is 29.6 Å². The number of carbonyl (C=O) groups is 1. The van der Waals surface area contributed by atoms with Crippen LogP contribution in [0.4, 0.5) is 19.1 Å². The fourth-order valence-electron chi connectivity index (χ4n) is 3.67. The molecule has 1 aliphatic rings. The molecule has 1 aliphatic heterocycles. The van der Waals surface area contributed by atoms with E-state index in [1.54, 1.807) is 23.4 Å². The highest BCUT2D eigenvalue weighted by Crippen LogP contribution is 2.30. The van der Waals surface area contributed by atoms with Crippen LogP contribution in [-0.4, -0.2) is 61.7 Å². The first-order valence-electron chi connectivity index (χ1n) is 10.2. The van der Waals surface area contributed by atoms with E-state index in [1.807, 2.05) is 18.7 Å². The molecule has 1 saturated heterocycles. The molecule has 32 heavy (non-hydrogen) atoms. The van der Waals surface area contributed by atoms with Crippen molar-refractivity contribution in [1.29, 1.82) is 0 Å². The highest BCUT2D eigenvalue weighted by Gasteiger charge is 2.32. The van der Waals surface area contributed by atoms with Gasteiger partial charge in [-0.05, 0) is 24.1 Å². The Hall–Kier alpha value is -3.50. The Morgan fingerprint density at radius 2 is 1.69 bits per heavy atom. The molecule has 8 nitrogen and oxygen atoms in total. The molecule has 11 heteroatoms. The van der Waals surface area contributed by atoms with E-state index in [9.17, 15) is 18.0 Å². The number of aromatic nitrogens is 5. The third-order valence-electron chi connectivity index (χ3n) is 5.28. The molecule has 0 atom stereocenters. The van der Waals surface area contributed by atoms with Crippen molar-refractivity contribution in [2.24, 2.45) is 0 Å². The van der Waals surface area contributed by atoms with Crippen LogP contribution in [0.3, 0.4) is 0 Å². The molecule has 1 fully saturated rings. The van der Waals surface area contributed by atoms with Crippen molar-refractivity contribution >= 4 is 11.9 Å². The van der Waals surface area contributed by atoms with E-state index in [0.29, 0.717) is 43.4 Å². The standard InChI is InChI=1S/C21H22F3N7O/c1-14(2)18-16(13-28-31(18)17-5-4-15(12-27-17)21(22,23)24)19(32)29-8-10-30(11-9-29)20-25-6-3-7-26-20/h3-7,12-14H,8-11H2,1-2H3. The maximum atomic E-state index is 13.3. The lowest BCUT2D eigenvalue weighted by Gasteiger charge is -2.34. The molecular weight excluding hydrogens is 423 g/mol. The Balaban J connectivity index is 1.54. The van der Waals surface area contributed by atoms with Gasteiger partial charge in [-0.1, -0.05) is 13.8 Å². The van der Waals surface area contributed by atoms with Gasteiger partial charge >= 0.3 is 6.18 Å². The van der Waals surface area contributed by atoms with E-state index < -0.39 is 11.7 Å². The molecule has 168 valence electrons. The van der Waals surface area contributed by atoms with E-state index in [0.717, 1.165) is 12.3 Å². The van der Waals surface area contributed by atoms with Crippen molar-refractivity contribution in [3.8, 4) is 5.82 Å². The average molecular weight is 445 g/mol. The lowest BCUT2D eigenvalue weighted by Crippen LogP contribution is -2.49. The van der Waals surface area contributed by atoms with Crippen LogP contribution >= 0.6 is 0 Å². The largest absolute Gasteiger partial charge is 0.417 e. The second-order valence-electron chi connectivity index (χ2n) is 7.74. The van der Waals surface area contributed by atoms with E-state index in [2.05, 4.69) is 20.1 Å². The molecule has 4 rings (SSSR count). The fourth-order valence-corrected chi connectivity index (χ4v) is 3.67. The molecule has 0 radical (unpaired) electrons. The summed E-state index contributed by atoms with van der Waals surface area (Å²) in [5.41, 5.74) is 0.193. The SMILES string of the molecule is CC(C)c1c(C(=O)N2CCN(c3ncccn3)CC2)cnn1-c1ccc(C(F)(F)F)cn1. The lowest BCUT2D eigenvalue weighted by molar-refractivity contribution is -0.137. The van der Waals surface area contributed by atoms with Gasteiger partial charge in [-0.3, -0.25) is 4.79 Å². The maximum Gasteiger partial charge on any atom is 0.417 e. The molecule has 3 aromatic heterocycles. The summed E-state index contributed by atoms with van der Waals surface area (Å²) >= 11 is 0. The number of pyridine rings is 1. The number of rotatable bonds is 4. The third kappa shape index (κ3) is 4.27. The van der Waals surface area contributed by atoms with Crippen LogP contribution in [0.15, 0.2) is 43.0 Å². The summed E-state index contributed by atoms with van der Waals surface area (Å²) < 4.78 is 40.0. The Labute approximate surface area is 182 Å². The van der Waals surface area contributed by atoms with Gasteiger partial charge in [0, 0.05) is 44.8 Å². The first-order chi connectivity index (χ1) is 15.3. The number of hydrogen-bond donors (Lipinski definition) is 0. The van der Waals surface area contributed by atoms with Gasteiger partial charge in [0.05, 0.1) is 23.0 Å². The van der Waals surface area contributed by atoms with Crippen LogP contribution in [0.2, 0.25) is 0 Å². The lowest BCUT2D eigenvalue weighted by atomic mass is 10.0. The smallest absolute Gasteiger partial charge is 0.337 e. The van der Waals surface area contributed by atoms with E-state index in [1.165, 1.54) is 16.9 Å². The van der Waals surface area contributed by atoms with Crippen LogP contribution in [0.5, 0.6) is 0 Å². The molecule has 1 amide bonds. The van der Waals surface area contributed by atoms with Gasteiger partial charge in [0.1, 0.15) is 0 Å². The van der Waals surface area contributed by atoms with Crippen LogP contribution in [0.25, 0.3) is 5.82 Å². The molecule has 0 spiro atoms. The van der Waals surface area contributed by atoms with Gasteiger partial charge in [0.25, 0.3) is 5.91 Å². The Kier molecular flexibility index (Phi) is 5.81. The summed E-state index contributed by atoms with van der Waals surface area (Å²) in [5, 5.41) is 4.27. The number of carbonyl (C=O) groups excluding carboxylic acids is 1. The second-order valence-corrected chi connectivity index (χ2v) is 7.74. The summed E-state index contributed by atoms with van der Waals surface area (Å²) in [7, 11) is 0. The summed E-state index contributed by atoms with van der Waals surface area (Å²) in [4.78, 5) is 29.4. The molecule has 0 aromatic carbocycles. The van der Waals surface area contributed by atoms with Gasteiger partial charge in [-0.25, -0.2) is 19.6 Å². The molecule has 4 heterocycles. The summed E-state index contributed by atoms with van der Waals surface area (Å²) in [6.45, 7) is 6.00. The first-order valence-corrected chi connectivity index (χ1v) is 10.2. The van der Waals surface area contributed by atoms with E-state index in [-0.39, 0.29) is 17.6 Å².